The molecule has 0 N–H and O–H groups in total. The molecular weight excluding hydrogens is 391 g/mol. The molecule has 29 heavy (non-hydrogen) atoms. The normalized spacial score (nSPS) is 21.1. The molecule has 1 atom stereocenters. The first-order chi connectivity index (χ1) is 14.0. The monoisotopic (exact) mass is 412 g/mol. The molecule has 6 nitrogen and oxygen atoms in total. The predicted molar refractivity (Wildman–Crippen MR) is 109 cm³/mol. The summed E-state index contributed by atoms with van der Waals surface area (Å²) in [6.07, 6.45) is 1.69. The Labute approximate surface area is 170 Å². The molecule has 0 bridgehead atoms. The summed E-state index contributed by atoms with van der Waals surface area (Å²) >= 11 is 1.70. The van der Waals surface area contributed by atoms with Crippen LogP contribution in [0.5, 0.6) is 0 Å². The van der Waals surface area contributed by atoms with Crippen LogP contribution in [0.2, 0.25) is 0 Å². The molecule has 2 aliphatic heterocycles. The molecule has 8 heteroatoms. The topological polar surface area (TPSA) is 60.1 Å². The highest BCUT2D eigenvalue weighted by Crippen LogP contribution is 2.39. The van der Waals surface area contributed by atoms with Crippen LogP contribution in [0.25, 0.3) is 0 Å². The van der Waals surface area contributed by atoms with Crippen LogP contribution in [0.1, 0.15) is 23.4 Å². The molecule has 1 fully saturated rings. The molecule has 2 aliphatic rings. The van der Waals surface area contributed by atoms with Gasteiger partial charge in [0, 0.05) is 31.5 Å². The number of hydrogen-bond donors (Lipinski definition) is 0. The molecule has 3 aromatic rings. The van der Waals surface area contributed by atoms with Gasteiger partial charge in [-0.25, -0.2) is 9.07 Å². The highest BCUT2D eigenvalue weighted by atomic mass is 32.1. The lowest BCUT2D eigenvalue weighted by molar-refractivity contribution is 0.246. The van der Waals surface area contributed by atoms with Gasteiger partial charge in [0.25, 0.3) is 0 Å². The predicted octanol–water partition coefficient (Wildman–Crippen LogP) is 2.10. The molecule has 2 aromatic heterocycles. The van der Waals surface area contributed by atoms with Crippen LogP contribution < -0.4 is 11.1 Å². The Kier molecular flexibility index (Phi) is 4.48. The second-order valence-corrected chi connectivity index (χ2v) is 8.95. The van der Waals surface area contributed by atoms with Crippen molar-refractivity contribution in [2.24, 2.45) is 5.41 Å². The van der Waals surface area contributed by atoms with Crippen molar-refractivity contribution in [2.75, 3.05) is 13.1 Å². The van der Waals surface area contributed by atoms with Crippen LogP contribution in [-0.2, 0) is 26.1 Å². The molecule has 1 spiro atoms. The largest absolute Gasteiger partial charge is 0.332 e. The van der Waals surface area contributed by atoms with Gasteiger partial charge in [-0.3, -0.25) is 19.1 Å². The molecular formula is C21H21FN4O2S. The minimum absolute atomic E-state index is 0.0311. The van der Waals surface area contributed by atoms with Gasteiger partial charge >= 0.3 is 11.1 Å². The number of likely N-dealkylation sites (tertiary alicyclic amines) is 1. The summed E-state index contributed by atoms with van der Waals surface area (Å²) in [5.41, 5.74) is 0.891. The van der Waals surface area contributed by atoms with E-state index >= 15 is 0 Å². The van der Waals surface area contributed by atoms with E-state index in [0.29, 0.717) is 18.8 Å². The molecule has 0 saturated carbocycles. The van der Waals surface area contributed by atoms with Crippen LogP contribution in [0, 0.1) is 11.2 Å². The fourth-order valence-corrected chi connectivity index (χ4v) is 5.21. The Bertz CT molecular complexity index is 1150. The third-order valence-electron chi connectivity index (χ3n) is 5.99. The van der Waals surface area contributed by atoms with Gasteiger partial charge in [-0.15, -0.1) is 0 Å². The van der Waals surface area contributed by atoms with Gasteiger partial charge < -0.3 is 0 Å². The second kappa shape index (κ2) is 7.03. The molecule has 0 amide bonds. The maximum absolute atomic E-state index is 13.1. The zero-order valence-electron chi connectivity index (χ0n) is 15.9. The van der Waals surface area contributed by atoms with Crippen LogP contribution >= 0.6 is 11.3 Å². The summed E-state index contributed by atoms with van der Waals surface area (Å²) in [7, 11) is 0. The van der Waals surface area contributed by atoms with E-state index in [0.717, 1.165) is 31.6 Å². The highest BCUT2D eigenvalue weighted by Gasteiger charge is 2.44. The van der Waals surface area contributed by atoms with Gasteiger partial charge in [-0.2, -0.15) is 16.4 Å². The van der Waals surface area contributed by atoms with E-state index in [1.54, 1.807) is 28.0 Å². The van der Waals surface area contributed by atoms with Crippen LogP contribution in [0.15, 0.2) is 50.7 Å². The molecule has 1 saturated heterocycles. The maximum atomic E-state index is 13.1. The quantitative estimate of drug-likeness (QED) is 0.616. The minimum Gasteiger partial charge on any atom is -0.298 e. The average Bonchev–Trinajstić information content (AvgIpc) is 3.43. The van der Waals surface area contributed by atoms with Crippen molar-refractivity contribution in [1.82, 2.24) is 19.2 Å². The van der Waals surface area contributed by atoms with E-state index in [1.165, 1.54) is 22.4 Å². The van der Waals surface area contributed by atoms with Gasteiger partial charge in [0.05, 0.1) is 6.54 Å². The number of halogens is 1. The summed E-state index contributed by atoms with van der Waals surface area (Å²) in [5, 5.41) is 8.77. The van der Waals surface area contributed by atoms with E-state index in [2.05, 4.69) is 26.8 Å². The third kappa shape index (κ3) is 3.47. The summed E-state index contributed by atoms with van der Waals surface area (Å²) in [6, 6.07) is 8.05. The number of fused-ring (bicyclic) bond motifs is 1. The molecule has 0 unspecified atom stereocenters. The summed E-state index contributed by atoms with van der Waals surface area (Å²) in [4.78, 5) is 27.7. The van der Waals surface area contributed by atoms with Gasteiger partial charge in [0.2, 0.25) is 0 Å². The Hall–Kier alpha value is -2.58. The van der Waals surface area contributed by atoms with E-state index in [9.17, 15) is 14.0 Å². The lowest BCUT2D eigenvalue weighted by atomic mass is 9.86. The molecule has 0 radical (unpaired) electrons. The minimum atomic E-state index is -0.622. The standard InChI is InChI=1S/C21H21FN4O2S/c22-17-3-1-15(2-4-17)11-26-20(28)19(27)25-14-21(9-18(25)23-26)6-7-24(13-21)10-16-5-8-29-12-16/h1-5,8,12H,6-7,9-11,13-14H2/t21-/m0/s1. The van der Waals surface area contributed by atoms with E-state index < -0.39 is 11.1 Å². The summed E-state index contributed by atoms with van der Waals surface area (Å²) in [5.74, 6) is 0.340. The zero-order chi connectivity index (χ0) is 20.0. The summed E-state index contributed by atoms with van der Waals surface area (Å²) < 4.78 is 15.9. The third-order valence-corrected chi connectivity index (χ3v) is 6.72. The van der Waals surface area contributed by atoms with Crippen molar-refractivity contribution in [3.05, 3.63) is 84.6 Å². The molecule has 5 rings (SSSR count). The zero-order valence-corrected chi connectivity index (χ0v) is 16.7. The Morgan fingerprint density at radius 2 is 1.86 bits per heavy atom. The van der Waals surface area contributed by atoms with Crippen LogP contribution in [0.4, 0.5) is 4.39 Å². The highest BCUT2D eigenvalue weighted by molar-refractivity contribution is 7.07. The van der Waals surface area contributed by atoms with Crippen molar-refractivity contribution >= 4 is 11.3 Å². The number of benzene rings is 1. The van der Waals surface area contributed by atoms with Crippen LogP contribution in [0.3, 0.4) is 0 Å². The summed E-state index contributed by atoms with van der Waals surface area (Å²) in [6.45, 7) is 3.53. The SMILES string of the molecule is O=c1c(=O)n2c(nn1Cc1ccc(F)cc1)C[C@]1(CCN(Cc3ccsc3)C1)C2. The lowest BCUT2D eigenvalue weighted by Gasteiger charge is -2.22. The number of aromatic nitrogens is 3. The van der Waals surface area contributed by atoms with Crippen molar-refractivity contribution < 1.29 is 4.39 Å². The van der Waals surface area contributed by atoms with Crippen molar-refractivity contribution in [2.45, 2.75) is 32.5 Å². The average molecular weight is 412 g/mol. The molecule has 1 aromatic carbocycles. The Balaban J connectivity index is 1.38. The maximum Gasteiger partial charge on any atom is 0.332 e. The first-order valence-electron chi connectivity index (χ1n) is 9.70. The smallest absolute Gasteiger partial charge is 0.298 e. The fraction of sp³-hybridized carbons (Fsp3) is 0.381. The van der Waals surface area contributed by atoms with Gasteiger partial charge in [-0.1, -0.05) is 12.1 Å². The Morgan fingerprint density at radius 1 is 1.03 bits per heavy atom. The van der Waals surface area contributed by atoms with E-state index in [-0.39, 0.29) is 17.8 Å². The number of hydrogen-bond acceptors (Lipinski definition) is 5. The first-order valence-corrected chi connectivity index (χ1v) is 10.6. The van der Waals surface area contributed by atoms with Gasteiger partial charge in [0.1, 0.15) is 11.6 Å². The van der Waals surface area contributed by atoms with Gasteiger partial charge in [0.15, 0.2) is 0 Å². The van der Waals surface area contributed by atoms with Crippen molar-refractivity contribution in [3.8, 4) is 0 Å². The molecule has 150 valence electrons. The fourth-order valence-electron chi connectivity index (χ4n) is 4.55. The Morgan fingerprint density at radius 3 is 2.62 bits per heavy atom. The van der Waals surface area contributed by atoms with Gasteiger partial charge in [-0.05, 0) is 53.1 Å². The van der Waals surface area contributed by atoms with Crippen LogP contribution in [-0.4, -0.2) is 32.3 Å². The second-order valence-electron chi connectivity index (χ2n) is 8.17. The van der Waals surface area contributed by atoms with Crippen molar-refractivity contribution in [1.29, 1.82) is 0 Å². The number of rotatable bonds is 4. The molecule has 4 heterocycles. The number of nitrogens with zero attached hydrogens (tertiary/aromatic N) is 4. The molecule has 0 aliphatic carbocycles. The van der Waals surface area contributed by atoms with E-state index in [4.69, 9.17) is 0 Å². The van der Waals surface area contributed by atoms with E-state index in [1.807, 2.05) is 0 Å². The van der Waals surface area contributed by atoms with Crippen molar-refractivity contribution in [3.63, 3.8) is 0 Å². The first kappa shape index (κ1) is 18.4. The number of thiophene rings is 1. The lowest BCUT2D eigenvalue weighted by Crippen LogP contribution is -2.43.